The van der Waals surface area contributed by atoms with Gasteiger partial charge in [-0.15, -0.1) is 0 Å². The van der Waals surface area contributed by atoms with Crippen LogP contribution in [0.2, 0.25) is 0 Å². The summed E-state index contributed by atoms with van der Waals surface area (Å²) in [4.78, 5) is 14.9. The van der Waals surface area contributed by atoms with Crippen LogP contribution >= 0.6 is 0 Å². The normalized spacial score (nSPS) is 34.3. The van der Waals surface area contributed by atoms with E-state index in [-0.39, 0.29) is 5.97 Å². The molecule has 0 bridgehead atoms. The summed E-state index contributed by atoms with van der Waals surface area (Å²) in [5.74, 6) is 1.50. The smallest absolute Gasteiger partial charge is 0.326 e. The van der Waals surface area contributed by atoms with Crippen LogP contribution in [0.3, 0.4) is 0 Å². The number of carbonyl (C=O) groups excluding carboxylic acids is 1. The first-order valence-electron chi connectivity index (χ1n) is 8.60. The number of likely N-dealkylation sites (tertiary alicyclic amines) is 1. The molecule has 0 aromatic carbocycles. The van der Waals surface area contributed by atoms with Gasteiger partial charge in [-0.1, -0.05) is 20.8 Å². The van der Waals surface area contributed by atoms with Gasteiger partial charge in [0.15, 0.2) is 0 Å². The highest BCUT2D eigenvalue weighted by Crippen LogP contribution is 2.35. The van der Waals surface area contributed by atoms with Crippen molar-refractivity contribution in [2.75, 3.05) is 26.7 Å². The van der Waals surface area contributed by atoms with Crippen molar-refractivity contribution in [3.63, 3.8) is 0 Å². The van der Waals surface area contributed by atoms with Crippen LogP contribution in [0.5, 0.6) is 0 Å². The summed E-state index contributed by atoms with van der Waals surface area (Å²) in [5.41, 5.74) is -0.456. The van der Waals surface area contributed by atoms with Gasteiger partial charge in [-0.25, -0.2) is 0 Å². The lowest BCUT2D eigenvalue weighted by Crippen LogP contribution is -2.58. The van der Waals surface area contributed by atoms with Gasteiger partial charge in [0, 0.05) is 12.6 Å². The van der Waals surface area contributed by atoms with Crippen molar-refractivity contribution in [3.8, 4) is 0 Å². The molecule has 1 heterocycles. The van der Waals surface area contributed by atoms with Gasteiger partial charge in [0.25, 0.3) is 0 Å². The summed E-state index contributed by atoms with van der Waals surface area (Å²) in [6, 6.07) is 0.528. The van der Waals surface area contributed by atoms with E-state index in [4.69, 9.17) is 4.74 Å². The minimum atomic E-state index is -0.456. The second-order valence-electron chi connectivity index (χ2n) is 7.14. The number of rotatable bonds is 5. The van der Waals surface area contributed by atoms with Gasteiger partial charge in [-0.2, -0.15) is 0 Å². The first kappa shape index (κ1) is 16.8. The van der Waals surface area contributed by atoms with E-state index in [0.717, 1.165) is 37.6 Å². The predicted molar refractivity (Wildman–Crippen MR) is 85.2 cm³/mol. The van der Waals surface area contributed by atoms with E-state index < -0.39 is 5.54 Å². The zero-order chi connectivity index (χ0) is 15.5. The number of esters is 1. The molecule has 1 aliphatic heterocycles. The Morgan fingerprint density at radius 2 is 2.19 bits per heavy atom. The second-order valence-corrected chi connectivity index (χ2v) is 7.14. The quantitative estimate of drug-likeness (QED) is 0.791. The average molecular weight is 296 g/mol. The van der Waals surface area contributed by atoms with E-state index >= 15 is 0 Å². The highest BCUT2D eigenvalue weighted by molar-refractivity contribution is 5.81. The third-order valence-corrected chi connectivity index (χ3v) is 5.53. The van der Waals surface area contributed by atoms with E-state index in [2.05, 4.69) is 31.0 Å². The van der Waals surface area contributed by atoms with Crippen LogP contribution in [-0.4, -0.2) is 49.2 Å². The minimum Gasteiger partial charge on any atom is -0.468 e. The average Bonchev–Trinajstić information content (AvgIpc) is 2.97. The largest absolute Gasteiger partial charge is 0.468 e. The number of nitrogens with one attached hydrogen (secondary N) is 1. The van der Waals surface area contributed by atoms with Crippen molar-refractivity contribution >= 4 is 5.97 Å². The summed E-state index contributed by atoms with van der Waals surface area (Å²) in [5, 5.41) is 3.43. The van der Waals surface area contributed by atoms with Gasteiger partial charge >= 0.3 is 5.97 Å². The van der Waals surface area contributed by atoms with E-state index in [1.807, 2.05) is 0 Å². The highest BCUT2D eigenvalue weighted by atomic mass is 16.5. The minimum absolute atomic E-state index is 0.0753. The van der Waals surface area contributed by atoms with Gasteiger partial charge in [0.2, 0.25) is 0 Å². The molecule has 0 aromatic rings. The topological polar surface area (TPSA) is 41.6 Å². The Kier molecular flexibility index (Phi) is 5.67. The highest BCUT2D eigenvalue weighted by Gasteiger charge is 2.45. The molecule has 2 fully saturated rings. The first-order valence-corrected chi connectivity index (χ1v) is 8.60. The van der Waals surface area contributed by atoms with Gasteiger partial charge in [0.1, 0.15) is 5.54 Å². The molecule has 3 atom stereocenters. The van der Waals surface area contributed by atoms with Gasteiger partial charge in [-0.05, 0) is 57.0 Å². The maximum Gasteiger partial charge on any atom is 0.326 e. The number of methoxy groups -OCH3 is 1. The van der Waals surface area contributed by atoms with E-state index in [9.17, 15) is 4.79 Å². The molecule has 1 N–H and O–H groups in total. The molecule has 2 rings (SSSR count). The number of hydrogen-bond acceptors (Lipinski definition) is 4. The molecular weight excluding hydrogens is 264 g/mol. The van der Waals surface area contributed by atoms with Crippen LogP contribution in [0.1, 0.15) is 52.9 Å². The standard InChI is InChI=1S/C17H32N2O2/c1-5-18-17(16(20)21-4)9-6-7-15(11-17)19-10-8-14(12-19)13(2)3/h13-15,18H,5-12H2,1-4H3. The lowest BCUT2D eigenvalue weighted by Gasteiger charge is -2.42. The van der Waals surface area contributed by atoms with Gasteiger partial charge in [0.05, 0.1) is 7.11 Å². The monoisotopic (exact) mass is 296 g/mol. The number of ether oxygens (including phenoxy) is 1. The lowest BCUT2D eigenvalue weighted by molar-refractivity contribution is -0.151. The van der Waals surface area contributed by atoms with E-state index in [1.165, 1.54) is 33.0 Å². The second kappa shape index (κ2) is 7.10. The molecule has 4 nitrogen and oxygen atoms in total. The number of hydrogen-bond donors (Lipinski definition) is 1. The molecule has 1 saturated carbocycles. The Morgan fingerprint density at radius 1 is 1.43 bits per heavy atom. The predicted octanol–water partition coefficient (Wildman–Crippen LogP) is 2.43. The Bertz CT molecular complexity index is 355. The first-order chi connectivity index (χ1) is 10.0. The van der Waals surface area contributed by atoms with Crippen molar-refractivity contribution in [2.24, 2.45) is 11.8 Å². The molecule has 0 spiro atoms. The fraction of sp³-hybridized carbons (Fsp3) is 0.941. The van der Waals surface area contributed by atoms with Crippen molar-refractivity contribution in [1.82, 2.24) is 10.2 Å². The van der Waals surface area contributed by atoms with Crippen LogP contribution < -0.4 is 5.32 Å². The van der Waals surface area contributed by atoms with E-state index in [0.29, 0.717) is 6.04 Å². The summed E-state index contributed by atoms with van der Waals surface area (Å²) in [6.45, 7) is 9.93. The zero-order valence-electron chi connectivity index (χ0n) is 14.2. The van der Waals surface area contributed by atoms with Crippen LogP contribution in [0.4, 0.5) is 0 Å². The Hall–Kier alpha value is -0.610. The van der Waals surface area contributed by atoms with Crippen molar-refractivity contribution in [1.29, 1.82) is 0 Å². The van der Waals surface area contributed by atoms with Crippen LogP contribution in [0.15, 0.2) is 0 Å². The third-order valence-electron chi connectivity index (χ3n) is 5.53. The molecular formula is C17H32N2O2. The van der Waals surface area contributed by atoms with Gasteiger partial charge < -0.3 is 15.0 Å². The molecule has 1 saturated heterocycles. The maximum absolute atomic E-state index is 12.3. The van der Waals surface area contributed by atoms with Crippen LogP contribution in [-0.2, 0) is 9.53 Å². The lowest BCUT2D eigenvalue weighted by atomic mass is 9.78. The molecule has 3 unspecified atom stereocenters. The maximum atomic E-state index is 12.3. The number of nitrogens with zero attached hydrogens (tertiary/aromatic N) is 1. The zero-order valence-corrected chi connectivity index (χ0v) is 14.2. The van der Waals surface area contributed by atoms with Crippen molar-refractivity contribution in [3.05, 3.63) is 0 Å². The van der Waals surface area contributed by atoms with Gasteiger partial charge in [-0.3, -0.25) is 4.79 Å². The molecule has 0 radical (unpaired) electrons. The molecule has 122 valence electrons. The molecule has 0 aromatic heterocycles. The number of carbonyl (C=O) groups is 1. The Labute approximate surface area is 129 Å². The fourth-order valence-electron chi connectivity index (χ4n) is 4.20. The molecule has 1 aliphatic carbocycles. The van der Waals surface area contributed by atoms with Crippen LogP contribution in [0, 0.1) is 11.8 Å². The summed E-state index contributed by atoms with van der Waals surface area (Å²) >= 11 is 0. The van der Waals surface area contributed by atoms with E-state index in [1.54, 1.807) is 0 Å². The molecule has 2 aliphatic rings. The fourth-order valence-corrected chi connectivity index (χ4v) is 4.20. The summed E-state index contributed by atoms with van der Waals surface area (Å²) in [6.07, 6.45) is 5.44. The van der Waals surface area contributed by atoms with Crippen molar-refractivity contribution in [2.45, 2.75) is 64.5 Å². The summed E-state index contributed by atoms with van der Waals surface area (Å²) in [7, 11) is 1.51. The SMILES string of the molecule is CCNC1(C(=O)OC)CCCC(N2CCC(C(C)C)C2)C1. The Balaban J connectivity index is 2.04. The molecule has 0 amide bonds. The summed E-state index contributed by atoms with van der Waals surface area (Å²) < 4.78 is 5.10. The van der Waals surface area contributed by atoms with Crippen LogP contribution in [0.25, 0.3) is 0 Å². The molecule has 21 heavy (non-hydrogen) atoms. The molecule has 4 heteroatoms. The number of likely N-dealkylation sites (N-methyl/N-ethyl adjacent to an activating group) is 1. The Morgan fingerprint density at radius 3 is 2.76 bits per heavy atom. The third kappa shape index (κ3) is 3.59. The van der Waals surface area contributed by atoms with Crippen molar-refractivity contribution < 1.29 is 9.53 Å².